The number of phenols is 1. The molecule has 14 heteroatoms. The van der Waals surface area contributed by atoms with E-state index in [0.29, 0.717) is 40.0 Å². The number of carbonyl (C=O) groups excluding carboxylic acids is 4. The van der Waals surface area contributed by atoms with E-state index < -0.39 is 0 Å². The molecule has 580 valence electrons. The fourth-order valence-corrected chi connectivity index (χ4v) is 20.0. The van der Waals surface area contributed by atoms with Gasteiger partial charge in [0.15, 0.2) is 0 Å². The minimum absolute atomic E-state index is 0. The third-order valence-corrected chi connectivity index (χ3v) is 26.7. The Hall–Kier alpha value is -6.36. The summed E-state index contributed by atoms with van der Waals surface area (Å²) >= 11 is 13.9. The van der Waals surface area contributed by atoms with Gasteiger partial charge in [-0.2, -0.15) is 11.4 Å². The topological polar surface area (TPSA) is 121 Å². The van der Waals surface area contributed by atoms with Crippen molar-refractivity contribution in [2.24, 2.45) is 21.2 Å². The number of aromatic hydroxyl groups is 1. The molecule has 4 fully saturated rings. The monoisotopic (exact) mass is 1800 g/mol. The maximum Gasteiger partial charge on any atom is 0.262 e. The van der Waals surface area contributed by atoms with Crippen LogP contribution in [0.3, 0.4) is 0 Å². The molecule has 2 atom stereocenters. The van der Waals surface area contributed by atoms with Gasteiger partial charge in [-0.15, -0.1) is 26.0 Å². The van der Waals surface area contributed by atoms with Crippen LogP contribution >= 0.6 is 63.7 Å². The first-order valence-corrected chi connectivity index (χ1v) is 44.6. The van der Waals surface area contributed by atoms with Crippen molar-refractivity contribution >= 4 is 91.7 Å². The summed E-state index contributed by atoms with van der Waals surface area (Å²) in [5.41, 5.74) is 15.6. The molecule has 4 amide bonds. The number of hydrogen-bond acceptors (Lipinski definition) is 6. The van der Waals surface area contributed by atoms with E-state index in [1.54, 1.807) is 54.6 Å². The average Bonchev–Trinajstić information content (AvgIpc) is 1.31. The van der Waals surface area contributed by atoms with Gasteiger partial charge >= 0.3 is 143 Å². The number of nitrogens with zero attached hydrogens (tertiary/aromatic N) is 4. The van der Waals surface area contributed by atoms with Crippen molar-refractivity contribution in [1.29, 1.82) is 0 Å². The number of imide groups is 2. The number of alkyl halides is 2. The molecule has 6 aromatic rings. The van der Waals surface area contributed by atoms with Gasteiger partial charge in [-0.05, 0) is 219 Å². The number of aryl methyl sites for hydroxylation is 4. The Morgan fingerprint density at radius 1 is 0.620 bits per heavy atom. The molecule has 8 aliphatic rings. The Labute approximate surface area is 693 Å². The van der Waals surface area contributed by atoms with Crippen LogP contribution in [0.1, 0.15) is 265 Å². The van der Waals surface area contributed by atoms with Gasteiger partial charge in [-0.25, -0.2) is 0 Å². The second-order valence-corrected chi connectivity index (χ2v) is 34.5. The van der Waals surface area contributed by atoms with Gasteiger partial charge in [0.2, 0.25) is 0 Å². The van der Waals surface area contributed by atoms with E-state index in [1.165, 1.54) is 169 Å². The van der Waals surface area contributed by atoms with Crippen molar-refractivity contribution in [3.8, 4) is 53.4 Å². The Bertz CT molecular complexity index is 4060. The van der Waals surface area contributed by atoms with Crippen LogP contribution in [0.4, 0.5) is 0 Å². The molecule has 2 aliphatic heterocycles. The number of halogens is 4. The van der Waals surface area contributed by atoms with Crippen LogP contribution in [0.5, 0.6) is 5.75 Å². The van der Waals surface area contributed by atoms with E-state index in [-0.39, 0.29) is 69.3 Å². The number of benzene rings is 5. The number of fused-ring (bicyclic) bond motifs is 4. The second kappa shape index (κ2) is 46.5. The first-order valence-electron chi connectivity index (χ1n) is 38.7. The summed E-state index contributed by atoms with van der Waals surface area (Å²) in [6.45, 7) is 22.1. The van der Waals surface area contributed by atoms with Crippen LogP contribution in [-0.4, -0.2) is 71.2 Å². The van der Waals surface area contributed by atoms with Gasteiger partial charge in [-0.1, -0.05) is 169 Å². The van der Waals surface area contributed by atoms with Crippen molar-refractivity contribution in [3.63, 3.8) is 0 Å². The maximum atomic E-state index is 12.5. The second-order valence-electron chi connectivity index (χ2n) is 29.7. The Morgan fingerprint density at radius 3 is 1.47 bits per heavy atom. The van der Waals surface area contributed by atoms with Gasteiger partial charge in [0.05, 0.1) is 38.8 Å². The van der Waals surface area contributed by atoms with E-state index in [0.717, 1.165) is 94.8 Å². The summed E-state index contributed by atoms with van der Waals surface area (Å²) in [5.74, 6) is 11.3. The normalized spacial score (nSPS) is 18.3. The minimum atomic E-state index is -0.353. The SMILES string of the molecule is C.C#CC#CC#C.C=CCCCCCCBr.C=C[C@H](CC)N1C(=O)c2ccccc2C1=O.CC(C)([CH]=[Mo]=[N]C12CC3CC(CC(C3)C1)C2)c1ccccc1.CC[C@@H](/C=C\CCCCCCBr)N1C(=O)c2ccccc2C1=O.Cc1c(Br)cc2c(c1-c1c(O)c(Br)cc3c1CCCC3)CCCC2.Cc1ccc(C)[n-]1.[HH].[HH]. The van der Waals surface area contributed by atoms with E-state index >= 15 is 0 Å². The Balaban J connectivity index is 0.000000283. The zero-order chi connectivity index (χ0) is 77.5. The van der Waals surface area contributed by atoms with Crippen LogP contribution in [0.25, 0.3) is 11.1 Å². The molecule has 4 saturated carbocycles. The number of unbranched alkanes of at least 4 members (excludes halogenated alkanes) is 8. The number of allylic oxidation sites excluding steroid dienone is 2. The zero-order valence-electron chi connectivity index (χ0n) is 64.2. The molecule has 5 aromatic carbocycles. The number of terminal acetylenes is 2. The summed E-state index contributed by atoms with van der Waals surface area (Å²) in [6, 6.07) is 33.0. The fourth-order valence-electron chi connectivity index (χ4n) is 16.1. The van der Waals surface area contributed by atoms with E-state index in [2.05, 4.69) is 179 Å². The van der Waals surface area contributed by atoms with Crippen molar-refractivity contribution in [1.82, 2.24) is 14.8 Å². The predicted molar refractivity (Wildman–Crippen MR) is 467 cm³/mol. The molecule has 1 N–H and O–H groups in total. The molecular weight excluding hydrogens is 1680 g/mol. The van der Waals surface area contributed by atoms with Crippen LogP contribution in [0, 0.1) is 75.1 Å². The average molecular weight is 1800 g/mol. The number of phenolic OH excluding ortho intramolecular Hbond substituents is 1. The number of carbonyl (C=O) groups is 4. The van der Waals surface area contributed by atoms with Crippen molar-refractivity contribution in [2.45, 2.75) is 246 Å². The first-order chi connectivity index (χ1) is 51.6. The molecule has 0 unspecified atom stereocenters. The fraction of sp³-hybridized carbons (Fsp3) is 0.457. The largest absolute Gasteiger partial charge is 0.665 e. The van der Waals surface area contributed by atoms with Crippen LogP contribution in [0.2, 0.25) is 0 Å². The molecule has 0 saturated heterocycles. The molecule has 3 heterocycles. The van der Waals surface area contributed by atoms with Gasteiger partial charge in [0.1, 0.15) is 5.75 Å². The van der Waals surface area contributed by atoms with Crippen LogP contribution < -0.4 is 4.98 Å². The molecule has 1 aromatic heterocycles. The summed E-state index contributed by atoms with van der Waals surface area (Å²) in [5, 5.41) is 13.2. The van der Waals surface area contributed by atoms with E-state index in [1.807, 2.05) is 52.0 Å². The van der Waals surface area contributed by atoms with Crippen LogP contribution in [0.15, 0.2) is 153 Å². The van der Waals surface area contributed by atoms with Gasteiger partial charge in [0, 0.05) is 23.5 Å². The van der Waals surface area contributed by atoms with Gasteiger partial charge in [0.25, 0.3) is 23.6 Å². The molecule has 0 spiro atoms. The van der Waals surface area contributed by atoms with Gasteiger partial charge in [-0.3, -0.25) is 29.0 Å². The molecular formula is C94H119Br4MoN4O5-. The minimum Gasteiger partial charge on any atom is -0.665 e. The summed E-state index contributed by atoms with van der Waals surface area (Å²) in [6.07, 6.45) is 49.3. The number of aromatic nitrogens is 1. The third kappa shape index (κ3) is 25.3. The Kier molecular flexibility index (Phi) is 38.9. The van der Waals surface area contributed by atoms with Crippen molar-refractivity contribution in [2.75, 3.05) is 10.7 Å². The molecule has 9 nitrogen and oxygen atoms in total. The van der Waals surface area contributed by atoms with Gasteiger partial charge < -0.3 is 10.1 Å². The van der Waals surface area contributed by atoms with Crippen molar-refractivity contribution in [3.05, 3.63) is 217 Å². The number of rotatable bonds is 22. The zero-order valence-corrected chi connectivity index (χ0v) is 72.6. The summed E-state index contributed by atoms with van der Waals surface area (Å²) in [7, 11) is 0. The molecule has 4 bridgehead atoms. The van der Waals surface area contributed by atoms with E-state index in [4.69, 9.17) is 16.3 Å². The Morgan fingerprint density at radius 2 is 1.05 bits per heavy atom. The molecule has 14 rings (SSSR count). The maximum absolute atomic E-state index is 12.5. The molecule has 108 heavy (non-hydrogen) atoms. The van der Waals surface area contributed by atoms with Crippen molar-refractivity contribution < 1.29 is 45.1 Å². The number of hydrogen-bond donors (Lipinski definition) is 1. The number of amides is 4. The molecule has 6 aliphatic carbocycles. The summed E-state index contributed by atoms with van der Waals surface area (Å²) < 4.78 is 9.97. The summed E-state index contributed by atoms with van der Waals surface area (Å²) in [4.78, 5) is 55.8. The first kappa shape index (κ1) is 90.5. The smallest absolute Gasteiger partial charge is 0.262 e. The molecule has 0 radical (unpaired) electrons. The van der Waals surface area contributed by atoms with E-state index in [9.17, 15) is 24.3 Å². The standard InChI is InChI=1S/C21H22Br2O.C19H24BrNO2.C13H13NO2.C10H15N.C10H12.C8H15Br.C6H8N.C6H2.CH4.Mo.2H2/c1-12-17(22)10-13-6-2-4-8-15(13)19(12)20-16-9-5-3-7-14(16)11-18(23)21(20)24;1-2-15(11-7-5-3-4-6-10-14-20)21-18(22)16-12-8-9-13-17(16)19(21)23;1-3-9(4-2)14-12(15)10-7-5-6-8-11(10)13(14)16;11-10-4-7-1-8(5-10)3-9(2-7)6-10;1-10(2,3)9-7-5-4-6-8-9;1-2-3-4-5-6-7-8-9;1-5-3-4-6(2)7-5;1-3-5-6-4-2;;;;/h10-11,24H,2-9H2,1H3;7-9,11-13,15H,2-6,10,14H2,1H3;3,5-9H,1,4H2,2H3;7-9H,1-6H2;1,4-8H,2-3H3;2H,1,3-8H2;3-4H,1-2H3;1-2H;1H4;;2*1H/q;;;;;;-1;;;;;/b;11-7-;;;;;;;;;;/t;15-;9-;;;;;;;;;/m.01........./s1. The third-order valence-electron chi connectivity index (χ3n) is 21.2. The quantitative estimate of drug-likeness (QED) is 0.0180. The van der Waals surface area contributed by atoms with Crippen LogP contribution in [-0.2, 0) is 49.0 Å². The predicted octanol–water partition coefficient (Wildman–Crippen LogP) is 25.0.